The topological polar surface area (TPSA) is 17.1 Å². The van der Waals surface area contributed by atoms with E-state index in [1.165, 1.54) is 44.1 Å². The van der Waals surface area contributed by atoms with Crippen LogP contribution < -0.4 is 0 Å². The predicted octanol–water partition coefficient (Wildman–Crippen LogP) is 5.01. The van der Waals surface area contributed by atoms with Crippen LogP contribution in [0.25, 0.3) is 0 Å². The summed E-state index contributed by atoms with van der Waals surface area (Å²) in [5.74, 6) is 3.09. The summed E-state index contributed by atoms with van der Waals surface area (Å²) in [6, 6.07) is 9.15. The molecular weight excluding hydrogens is 268 g/mol. The average molecular weight is 294 g/mol. The maximum atomic E-state index is 10.9. The summed E-state index contributed by atoms with van der Waals surface area (Å²) >= 11 is 0. The second-order valence-electron chi connectivity index (χ2n) is 8.23. The Morgan fingerprint density at radius 2 is 1.59 bits per heavy atom. The summed E-state index contributed by atoms with van der Waals surface area (Å²) in [5, 5.41) is 0. The van der Waals surface area contributed by atoms with E-state index in [1.807, 2.05) is 0 Å². The lowest BCUT2D eigenvalue weighted by Crippen LogP contribution is -2.48. The molecule has 22 heavy (non-hydrogen) atoms. The van der Waals surface area contributed by atoms with Gasteiger partial charge in [0.1, 0.15) is 6.29 Å². The molecule has 0 amide bonds. The Bertz CT molecular complexity index is 560. The van der Waals surface area contributed by atoms with E-state index >= 15 is 0 Å². The van der Waals surface area contributed by atoms with Gasteiger partial charge in [0.25, 0.3) is 0 Å². The number of rotatable bonds is 4. The first-order chi connectivity index (χ1) is 10.6. The zero-order valence-corrected chi connectivity index (χ0v) is 13.6. The van der Waals surface area contributed by atoms with Crippen molar-refractivity contribution < 1.29 is 4.79 Å². The highest BCUT2D eigenvalue weighted by molar-refractivity contribution is 5.74. The second-order valence-corrected chi connectivity index (χ2v) is 8.23. The zero-order valence-electron chi connectivity index (χ0n) is 13.6. The summed E-state index contributed by atoms with van der Waals surface area (Å²) < 4.78 is 0. The lowest BCUT2D eigenvalue weighted by molar-refractivity contribution is -0.105. The van der Waals surface area contributed by atoms with Crippen LogP contribution in [0.4, 0.5) is 0 Å². The molecule has 1 heteroatoms. The molecule has 0 N–H and O–H groups in total. The Hall–Kier alpha value is -1.37. The summed E-state index contributed by atoms with van der Waals surface area (Å²) in [5.41, 5.74) is 3.91. The highest BCUT2D eigenvalue weighted by Gasteiger charge is 2.51. The highest BCUT2D eigenvalue weighted by Crippen LogP contribution is 2.60. The molecule has 1 aromatic carbocycles. The van der Waals surface area contributed by atoms with Crippen molar-refractivity contribution in [1.82, 2.24) is 0 Å². The van der Waals surface area contributed by atoms with Crippen LogP contribution in [0, 0.1) is 17.8 Å². The molecule has 4 aliphatic carbocycles. The number of hydrogen-bond donors (Lipinski definition) is 0. The van der Waals surface area contributed by atoms with E-state index in [9.17, 15) is 4.79 Å². The molecule has 1 aromatic rings. The Kier molecular flexibility index (Phi) is 3.29. The lowest BCUT2D eigenvalue weighted by atomic mass is 9.48. The molecule has 4 aliphatic rings. The van der Waals surface area contributed by atoms with Crippen LogP contribution in [0.2, 0.25) is 0 Å². The number of carbonyl (C=O) groups excluding carboxylic acids is 1. The third-order valence-corrected chi connectivity index (χ3v) is 6.77. The van der Waals surface area contributed by atoms with Gasteiger partial charge in [-0.05, 0) is 78.4 Å². The number of allylic oxidation sites excluding steroid dienone is 1. The molecule has 5 rings (SSSR count). The van der Waals surface area contributed by atoms with E-state index in [1.54, 1.807) is 5.56 Å². The van der Waals surface area contributed by atoms with Crippen LogP contribution in [0.3, 0.4) is 0 Å². The smallest absolute Gasteiger partial charge is 0.146 e. The van der Waals surface area contributed by atoms with E-state index in [0.717, 1.165) is 24.0 Å². The number of aldehydes is 1. The molecule has 4 fully saturated rings. The quantitative estimate of drug-likeness (QED) is 0.563. The van der Waals surface area contributed by atoms with Crippen LogP contribution >= 0.6 is 0 Å². The van der Waals surface area contributed by atoms with Crippen LogP contribution in [-0.2, 0) is 10.2 Å². The van der Waals surface area contributed by atoms with E-state index in [4.69, 9.17) is 0 Å². The van der Waals surface area contributed by atoms with Crippen LogP contribution in [0.5, 0.6) is 0 Å². The number of hydrogen-bond acceptors (Lipinski definition) is 1. The maximum Gasteiger partial charge on any atom is 0.146 e. The van der Waals surface area contributed by atoms with Gasteiger partial charge in [-0.15, -0.1) is 0 Å². The maximum absolute atomic E-state index is 10.9. The van der Waals surface area contributed by atoms with Crippen molar-refractivity contribution in [2.45, 2.75) is 56.8 Å². The van der Waals surface area contributed by atoms with Gasteiger partial charge in [-0.25, -0.2) is 0 Å². The summed E-state index contributed by atoms with van der Waals surface area (Å²) in [6.07, 6.45) is 9.60. The standard InChI is InChI=1S/C21H26O/c1-14(13-22)15(2)19-3-5-20(6-4-19)21-10-16-7-17(11-21)9-18(8-16)12-21/h3-6,13,15-18H,1,7-12H2,2H3. The fourth-order valence-electron chi connectivity index (χ4n) is 5.91. The van der Waals surface area contributed by atoms with Crippen molar-refractivity contribution in [1.29, 1.82) is 0 Å². The monoisotopic (exact) mass is 294 g/mol. The molecule has 1 nitrogen and oxygen atoms in total. The van der Waals surface area contributed by atoms with Crippen molar-refractivity contribution in [3.63, 3.8) is 0 Å². The molecule has 0 heterocycles. The van der Waals surface area contributed by atoms with Gasteiger partial charge < -0.3 is 0 Å². The molecule has 116 valence electrons. The van der Waals surface area contributed by atoms with Gasteiger partial charge in [0.2, 0.25) is 0 Å². The predicted molar refractivity (Wildman–Crippen MR) is 89.9 cm³/mol. The molecule has 4 bridgehead atoms. The van der Waals surface area contributed by atoms with Crippen molar-refractivity contribution >= 4 is 6.29 Å². The molecule has 0 radical (unpaired) electrons. The second kappa shape index (κ2) is 5.08. The SMILES string of the molecule is C=C(C=O)C(C)c1ccc(C23CC4CC(CC(C4)C2)C3)cc1. The zero-order chi connectivity index (χ0) is 15.3. The summed E-state index contributed by atoms with van der Waals surface area (Å²) in [4.78, 5) is 10.9. The first-order valence-electron chi connectivity index (χ1n) is 8.84. The summed E-state index contributed by atoms with van der Waals surface area (Å²) in [7, 11) is 0. The van der Waals surface area contributed by atoms with E-state index < -0.39 is 0 Å². The van der Waals surface area contributed by atoms with Gasteiger partial charge in [-0.2, -0.15) is 0 Å². The summed E-state index contributed by atoms with van der Waals surface area (Å²) in [6.45, 7) is 5.92. The number of benzene rings is 1. The molecular formula is C21H26O. The van der Waals surface area contributed by atoms with Crippen molar-refractivity contribution in [3.05, 3.63) is 47.5 Å². The van der Waals surface area contributed by atoms with Crippen molar-refractivity contribution in [3.8, 4) is 0 Å². The molecule has 0 aromatic heterocycles. The van der Waals surface area contributed by atoms with Crippen molar-refractivity contribution in [2.24, 2.45) is 17.8 Å². The van der Waals surface area contributed by atoms with Crippen LogP contribution in [-0.4, -0.2) is 6.29 Å². The fourth-order valence-corrected chi connectivity index (χ4v) is 5.91. The van der Waals surface area contributed by atoms with Gasteiger partial charge >= 0.3 is 0 Å². The lowest BCUT2D eigenvalue weighted by Gasteiger charge is -2.57. The van der Waals surface area contributed by atoms with Gasteiger partial charge in [-0.1, -0.05) is 37.8 Å². The Morgan fingerprint density at radius 3 is 2.05 bits per heavy atom. The Balaban J connectivity index is 1.61. The van der Waals surface area contributed by atoms with E-state index in [2.05, 4.69) is 37.8 Å². The van der Waals surface area contributed by atoms with Gasteiger partial charge in [0, 0.05) is 5.92 Å². The minimum absolute atomic E-state index is 0.128. The van der Waals surface area contributed by atoms with Crippen LogP contribution in [0.15, 0.2) is 36.4 Å². The first kappa shape index (κ1) is 14.2. The minimum atomic E-state index is 0.128. The van der Waals surface area contributed by atoms with Crippen LogP contribution in [0.1, 0.15) is 62.5 Å². The molecule has 0 spiro atoms. The van der Waals surface area contributed by atoms with E-state index in [0.29, 0.717) is 11.0 Å². The van der Waals surface area contributed by atoms with Gasteiger partial charge in [0.05, 0.1) is 0 Å². The highest BCUT2D eigenvalue weighted by atomic mass is 16.1. The van der Waals surface area contributed by atoms with Gasteiger partial charge in [-0.3, -0.25) is 4.79 Å². The average Bonchev–Trinajstić information content (AvgIpc) is 2.52. The molecule has 1 atom stereocenters. The fraction of sp³-hybridized carbons (Fsp3) is 0.571. The number of carbonyl (C=O) groups is 1. The largest absolute Gasteiger partial charge is 0.298 e. The first-order valence-corrected chi connectivity index (χ1v) is 8.84. The Morgan fingerprint density at radius 1 is 1.09 bits per heavy atom. The Labute approximate surface area is 133 Å². The molecule has 0 aliphatic heterocycles. The third-order valence-electron chi connectivity index (χ3n) is 6.77. The molecule has 0 saturated heterocycles. The normalized spacial score (nSPS) is 37.0. The molecule has 4 saturated carbocycles. The van der Waals surface area contributed by atoms with Crippen molar-refractivity contribution in [2.75, 3.05) is 0 Å². The third kappa shape index (κ3) is 2.17. The van der Waals surface area contributed by atoms with Gasteiger partial charge in [0.15, 0.2) is 0 Å². The molecule has 1 unspecified atom stereocenters. The minimum Gasteiger partial charge on any atom is -0.298 e. The van der Waals surface area contributed by atoms with E-state index in [-0.39, 0.29) is 5.92 Å².